The zero-order chi connectivity index (χ0) is 37.3. The number of nitrogens with zero attached hydrogens (tertiary/aromatic N) is 1. The van der Waals surface area contributed by atoms with Gasteiger partial charge in [0.05, 0.1) is 11.4 Å². The molecule has 0 N–H and O–H groups in total. The van der Waals surface area contributed by atoms with Crippen LogP contribution in [0.15, 0.2) is 188 Å². The maximum atomic E-state index is 2.46. The zero-order valence-corrected chi connectivity index (χ0v) is 32.1. The molecule has 1 aromatic heterocycles. The molecule has 11 rings (SSSR count). The number of fused-ring (bicyclic) bond motifs is 7. The van der Waals surface area contributed by atoms with Gasteiger partial charge in [0, 0.05) is 36.6 Å². The van der Waals surface area contributed by atoms with Gasteiger partial charge in [0.15, 0.2) is 0 Å². The first-order chi connectivity index (χ1) is 27.6. The van der Waals surface area contributed by atoms with Crippen molar-refractivity contribution in [2.24, 2.45) is 0 Å². The van der Waals surface area contributed by atoms with Gasteiger partial charge in [0.2, 0.25) is 0 Å². The number of hydrogen-bond donors (Lipinski definition) is 0. The van der Waals surface area contributed by atoms with Gasteiger partial charge < -0.3 is 4.90 Å². The molecule has 0 atom stereocenters. The molecule has 0 aliphatic carbocycles. The van der Waals surface area contributed by atoms with Crippen LogP contribution in [0.1, 0.15) is 11.1 Å². The Hall–Kier alpha value is -6.74. The van der Waals surface area contributed by atoms with Crippen LogP contribution in [0.4, 0.5) is 17.1 Å². The minimum absolute atomic E-state index is 1.12. The Morgan fingerprint density at radius 3 is 1.27 bits per heavy atom. The lowest BCUT2D eigenvalue weighted by molar-refractivity contribution is 1.30. The third kappa shape index (κ3) is 5.07. The molecule has 0 bridgehead atoms. The van der Waals surface area contributed by atoms with Gasteiger partial charge in [-0.1, -0.05) is 146 Å². The molecule has 2 heteroatoms. The molecule has 0 saturated heterocycles. The van der Waals surface area contributed by atoms with Crippen LogP contribution in [-0.4, -0.2) is 0 Å². The third-order valence-electron chi connectivity index (χ3n) is 11.7. The highest BCUT2D eigenvalue weighted by Gasteiger charge is 2.21. The molecule has 0 amide bonds. The van der Waals surface area contributed by atoms with E-state index in [-0.39, 0.29) is 0 Å². The molecule has 56 heavy (non-hydrogen) atoms. The summed E-state index contributed by atoms with van der Waals surface area (Å²) >= 11 is 1.87. The van der Waals surface area contributed by atoms with E-state index >= 15 is 0 Å². The SMILES string of the molecule is Cc1ccc(N(c2ccc(-c3c4ccccc4c(-c4ccc5sc6ccccc6c5c4)c4ccccc34)cc2)c2ccc(C)c3ccccc23)c2ccccc12. The highest BCUT2D eigenvalue weighted by atomic mass is 32.1. The Labute approximate surface area is 330 Å². The van der Waals surface area contributed by atoms with E-state index in [0.717, 1.165) is 5.69 Å². The highest BCUT2D eigenvalue weighted by Crippen LogP contribution is 2.47. The maximum absolute atomic E-state index is 2.46. The Kier molecular flexibility index (Phi) is 7.55. The largest absolute Gasteiger partial charge is 0.309 e. The number of rotatable bonds is 5. The van der Waals surface area contributed by atoms with E-state index in [4.69, 9.17) is 0 Å². The van der Waals surface area contributed by atoms with Crippen LogP contribution in [0.3, 0.4) is 0 Å². The summed E-state index contributed by atoms with van der Waals surface area (Å²) in [6.07, 6.45) is 0. The van der Waals surface area contributed by atoms with Gasteiger partial charge in [-0.2, -0.15) is 0 Å². The number of benzene rings is 10. The molecule has 0 saturated carbocycles. The summed E-state index contributed by atoms with van der Waals surface area (Å²) in [5.74, 6) is 0. The molecule has 10 aromatic carbocycles. The van der Waals surface area contributed by atoms with Crippen molar-refractivity contribution in [3.8, 4) is 22.3 Å². The molecule has 11 aromatic rings. The van der Waals surface area contributed by atoms with E-state index in [1.807, 2.05) is 11.3 Å². The van der Waals surface area contributed by atoms with Crippen molar-refractivity contribution in [3.63, 3.8) is 0 Å². The number of hydrogen-bond acceptors (Lipinski definition) is 2. The van der Waals surface area contributed by atoms with Crippen molar-refractivity contribution in [1.82, 2.24) is 0 Å². The minimum atomic E-state index is 1.12. The van der Waals surface area contributed by atoms with Gasteiger partial charge in [-0.25, -0.2) is 0 Å². The quantitative estimate of drug-likeness (QED) is 0.159. The fraction of sp³-hybridized carbons (Fsp3) is 0.0370. The lowest BCUT2D eigenvalue weighted by Crippen LogP contribution is -2.11. The standard InChI is InChI=1S/C54H37NS/c1-34-23-30-49(41-15-5-3-13-39(34)41)55(50-31-24-35(2)40-14-4-6-16-42(40)50)38-28-25-36(26-29-38)53-44-18-7-9-20-46(44)54(47-21-10-8-19-45(47)53)37-27-32-52-48(33-37)43-17-11-12-22-51(43)56-52/h3-33H,1-2H3. The summed E-state index contributed by atoms with van der Waals surface area (Å²) in [6.45, 7) is 4.41. The first kappa shape index (κ1) is 32.7. The second-order valence-electron chi connectivity index (χ2n) is 14.9. The zero-order valence-electron chi connectivity index (χ0n) is 31.3. The van der Waals surface area contributed by atoms with Gasteiger partial charge >= 0.3 is 0 Å². The first-order valence-corrected chi connectivity index (χ1v) is 20.2. The molecule has 0 aliphatic rings. The maximum Gasteiger partial charge on any atom is 0.0540 e. The van der Waals surface area contributed by atoms with Crippen LogP contribution in [0, 0.1) is 13.8 Å². The molecule has 264 valence electrons. The van der Waals surface area contributed by atoms with Crippen LogP contribution >= 0.6 is 11.3 Å². The van der Waals surface area contributed by atoms with E-state index in [2.05, 4.69) is 207 Å². The number of aryl methyl sites for hydroxylation is 2. The van der Waals surface area contributed by atoms with Crippen LogP contribution in [0.2, 0.25) is 0 Å². The molecule has 0 aliphatic heterocycles. The third-order valence-corrected chi connectivity index (χ3v) is 12.9. The Morgan fingerprint density at radius 2 is 0.732 bits per heavy atom. The second-order valence-corrected chi connectivity index (χ2v) is 16.0. The Balaban J connectivity index is 1.12. The van der Waals surface area contributed by atoms with Crippen molar-refractivity contribution < 1.29 is 0 Å². The normalized spacial score (nSPS) is 11.8. The van der Waals surface area contributed by atoms with Crippen molar-refractivity contribution in [2.45, 2.75) is 13.8 Å². The lowest BCUT2D eigenvalue weighted by Gasteiger charge is -2.29. The van der Waals surface area contributed by atoms with E-state index in [1.165, 1.54) is 108 Å². The summed E-state index contributed by atoms with van der Waals surface area (Å²) in [7, 11) is 0. The summed E-state index contributed by atoms with van der Waals surface area (Å²) in [6, 6.07) is 69.7. The van der Waals surface area contributed by atoms with Crippen molar-refractivity contribution in [3.05, 3.63) is 199 Å². The van der Waals surface area contributed by atoms with Crippen LogP contribution in [0.25, 0.3) is 85.5 Å². The van der Waals surface area contributed by atoms with Gasteiger partial charge in [0.1, 0.15) is 0 Å². The average molecular weight is 732 g/mol. The van der Waals surface area contributed by atoms with Crippen LogP contribution in [-0.2, 0) is 0 Å². The summed E-state index contributed by atoms with van der Waals surface area (Å²) in [5, 5.41) is 12.7. The molecular formula is C54H37NS. The second kappa shape index (κ2) is 12.9. The van der Waals surface area contributed by atoms with Crippen molar-refractivity contribution in [1.29, 1.82) is 0 Å². The molecule has 0 fully saturated rings. The van der Waals surface area contributed by atoms with Gasteiger partial charge in [0.25, 0.3) is 0 Å². The van der Waals surface area contributed by atoms with E-state index < -0.39 is 0 Å². The molecule has 0 spiro atoms. The van der Waals surface area contributed by atoms with Crippen molar-refractivity contribution in [2.75, 3.05) is 4.90 Å². The summed E-state index contributed by atoms with van der Waals surface area (Å²) in [5.41, 5.74) is 11.0. The first-order valence-electron chi connectivity index (χ1n) is 19.3. The van der Waals surface area contributed by atoms with Crippen LogP contribution < -0.4 is 4.90 Å². The number of thiophene rings is 1. The van der Waals surface area contributed by atoms with Gasteiger partial charge in [-0.3, -0.25) is 0 Å². The monoisotopic (exact) mass is 731 g/mol. The Morgan fingerprint density at radius 1 is 0.321 bits per heavy atom. The predicted octanol–water partition coefficient (Wildman–Crippen LogP) is 16.1. The average Bonchev–Trinajstić information content (AvgIpc) is 3.63. The van der Waals surface area contributed by atoms with Gasteiger partial charge in [-0.15, -0.1) is 11.3 Å². The molecule has 0 radical (unpaired) electrons. The summed E-state index contributed by atoms with van der Waals surface area (Å²) in [4.78, 5) is 2.46. The van der Waals surface area contributed by atoms with Gasteiger partial charge in [-0.05, 0) is 122 Å². The van der Waals surface area contributed by atoms with Crippen LogP contribution in [0.5, 0.6) is 0 Å². The summed E-state index contributed by atoms with van der Waals surface area (Å²) < 4.78 is 2.66. The molecule has 1 nitrogen and oxygen atoms in total. The molecular weight excluding hydrogens is 695 g/mol. The van der Waals surface area contributed by atoms with E-state index in [9.17, 15) is 0 Å². The number of anilines is 3. The topological polar surface area (TPSA) is 3.24 Å². The minimum Gasteiger partial charge on any atom is -0.309 e. The van der Waals surface area contributed by atoms with E-state index in [1.54, 1.807) is 0 Å². The fourth-order valence-corrected chi connectivity index (χ4v) is 10.2. The fourth-order valence-electron chi connectivity index (χ4n) is 9.07. The Bertz CT molecular complexity index is 3190. The highest BCUT2D eigenvalue weighted by molar-refractivity contribution is 7.25. The van der Waals surface area contributed by atoms with Crippen molar-refractivity contribution >= 4 is 91.7 Å². The smallest absolute Gasteiger partial charge is 0.0540 e. The lowest BCUT2D eigenvalue weighted by atomic mass is 9.85. The molecule has 1 heterocycles. The van der Waals surface area contributed by atoms with E-state index in [0.29, 0.717) is 0 Å². The predicted molar refractivity (Wildman–Crippen MR) is 244 cm³/mol. The molecule has 0 unspecified atom stereocenters.